The Bertz CT molecular complexity index is 968. The molecule has 3 aromatic heterocycles. The molecule has 0 fully saturated rings. The van der Waals surface area contributed by atoms with E-state index >= 15 is 0 Å². The number of para-hydroxylation sites is 1. The standard InChI is InChI=1S/C20H17NO4S/c1-23-16-6-2-5-13-11-17(25-19(13)16)20(22)21-12-14(15-7-3-9-24-15)18-8-4-10-26-18/h2-11,14H,12H2,1H3,(H,21,22). The molecule has 1 aromatic carbocycles. The van der Waals surface area contributed by atoms with Crippen LogP contribution in [0, 0.1) is 0 Å². The van der Waals surface area contributed by atoms with Gasteiger partial charge in [0.2, 0.25) is 0 Å². The van der Waals surface area contributed by atoms with Crippen molar-refractivity contribution < 1.29 is 18.4 Å². The molecule has 0 radical (unpaired) electrons. The summed E-state index contributed by atoms with van der Waals surface area (Å²) >= 11 is 1.63. The van der Waals surface area contributed by atoms with E-state index in [1.54, 1.807) is 36.8 Å². The Hall–Kier alpha value is -2.99. The van der Waals surface area contributed by atoms with Crippen LogP contribution in [0.5, 0.6) is 5.75 Å². The average molecular weight is 367 g/mol. The van der Waals surface area contributed by atoms with Gasteiger partial charge in [-0.15, -0.1) is 11.3 Å². The highest BCUT2D eigenvalue weighted by Gasteiger charge is 2.21. The fraction of sp³-hybridized carbons (Fsp3) is 0.150. The van der Waals surface area contributed by atoms with Gasteiger partial charge < -0.3 is 18.9 Å². The first kappa shape index (κ1) is 16.5. The topological polar surface area (TPSA) is 64.6 Å². The van der Waals surface area contributed by atoms with Gasteiger partial charge in [-0.1, -0.05) is 18.2 Å². The van der Waals surface area contributed by atoms with Crippen LogP contribution in [-0.4, -0.2) is 19.6 Å². The zero-order valence-corrected chi connectivity index (χ0v) is 14.9. The quantitative estimate of drug-likeness (QED) is 0.538. The number of carbonyl (C=O) groups is 1. The van der Waals surface area contributed by atoms with Gasteiger partial charge in [-0.3, -0.25) is 4.79 Å². The second kappa shape index (κ2) is 7.09. The van der Waals surface area contributed by atoms with E-state index in [0.717, 1.165) is 16.0 Å². The van der Waals surface area contributed by atoms with E-state index < -0.39 is 0 Å². The first-order valence-electron chi connectivity index (χ1n) is 8.18. The molecular weight excluding hydrogens is 350 g/mol. The number of rotatable bonds is 6. The van der Waals surface area contributed by atoms with Crippen molar-refractivity contribution in [2.45, 2.75) is 5.92 Å². The maximum Gasteiger partial charge on any atom is 0.287 e. The molecule has 6 heteroatoms. The molecule has 0 aliphatic carbocycles. The number of hydrogen-bond acceptors (Lipinski definition) is 5. The van der Waals surface area contributed by atoms with E-state index in [1.807, 2.05) is 41.8 Å². The van der Waals surface area contributed by atoms with Crippen LogP contribution >= 0.6 is 11.3 Å². The van der Waals surface area contributed by atoms with Gasteiger partial charge in [0.05, 0.1) is 19.3 Å². The summed E-state index contributed by atoms with van der Waals surface area (Å²) in [6.45, 7) is 0.418. The summed E-state index contributed by atoms with van der Waals surface area (Å²) < 4.78 is 16.5. The molecule has 26 heavy (non-hydrogen) atoms. The van der Waals surface area contributed by atoms with Crippen molar-refractivity contribution in [3.8, 4) is 5.75 Å². The average Bonchev–Trinajstić information content (AvgIpc) is 3.41. The molecule has 0 spiro atoms. The maximum atomic E-state index is 12.6. The fourth-order valence-corrected chi connectivity index (χ4v) is 3.75. The van der Waals surface area contributed by atoms with Crippen molar-refractivity contribution in [2.24, 2.45) is 0 Å². The lowest BCUT2D eigenvalue weighted by Crippen LogP contribution is -2.28. The summed E-state index contributed by atoms with van der Waals surface area (Å²) in [5.74, 6) is 1.38. The summed E-state index contributed by atoms with van der Waals surface area (Å²) in [5.41, 5.74) is 0.570. The Kier molecular flexibility index (Phi) is 4.50. The Morgan fingerprint density at radius 1 is 1.23 bits per heavy atom. The second-order valence-corrected chi connectivity index (χ2v) is 6.76. The number of methoxy groups -OCH3 is 1. The minimum atomic E-state index is -0.267. The van der Waals surface area contributed by atoms with E-state index in [1.165, 1.54) is 0 Å². The molecule has 4 rings (SSSR count). The highest BCUT2D eigenvalue weighted by Crippen LogP contribution is 2.30. The molecule has 3 heterocycles. The first-order valence-corrected chi connectivity index (χ1v) is 9.06. The maximum absolute atomic E-state index is 12.6. The van der Waals surface area contributed by atoms with Gasteiger partial charge in [-0.2, -0.15) is 0 Å². The Morgan fingerprint density at radius 2 is 2.15 bits per heavy atom. The number of amides is 1. The first-order chi connectivity index (χ1) is 12.8. The van der Waals surface area contributed by atoms with Gasteiger partial charge in [-0.25, -0.2) is 0 Å². The number of thiophene rings is 1. The van der Waals surface area contributed by atoms with E-state index in [9.17, 15) is 4.79 Å². The summed E-state index contributed by atoms with van der Waals surface area (Å²) in [4.78, 5) is 13.7. The zero-order valence-electron chi connectivity index (χ0n) is 14.1. The van der Waals surface area contributed by atoms with Crippen molar-refractivity contribution in [2.75, 3.05) is 13.7 Å². The van der Waals surface area contributed by atoms with E-state index in [4.69, 9.17) is 13.6 Å². The van der Waals surface area contributed by atoms with Gasteiger partial charge in [0.1, 0.15) is 5.76 Å². The molecule has 0 saturated heterocycles. The highest BCUT2D eigenvalue weighted by atomic mass is 32.1. The van der Waals surface area contributed by atoms with Crippen LogP contribution in [0.25, 0.3) is 11.0 Å². The predicted octanol–water partition coefficient (Wildman–Crippen LogP) is 4.66. The normalized spacial score (nSPS) is 12.2. The number of carbonyl (C=O) groups excluding carboxylic acids is 1. The summed E-state index contributed by atoms with van der Waals surface area (Å²) in [5, 5.41) is 5.79. The molecule has 1 N–H and O–H groups in total. The van der Waals surface area contributed by atoms with Crippen LogP contribution < -0.4 is 10.1 Å². The zero-order chi connectivity index (χ0) is 17.9. The third kappa shape index (κ3) is 3.11. The van der Waals surface area contributed by atoms with Crippen LogP contribution in [0.2, 0.25) is 0 Å². The number of furan rings is 2. The van der Waals surface area contributed by atoms with Crippen LogP contribution in [0.4, 0.5) is 0 Å². The highest BCUT2D eigenvalue weighted by molar-refractivity contribution is 7.10. The number of fused-ring (bicyclic) bond motifs is 1. The van der Waals surface area contributed by atoms with Crippen LogP contribution in [-0.2, 0) is 0 Å². The Balaban J connectivity index is 1.54. The Labute approximate surface area is 154 Å². The second-order valence-electron chi connectivity index (χ2n) is 5.78. The molecule has 1 atom stereocenters. The summed E-state index contributed by atoms with van der Waals surface area (Å²) in [7, 11) is 1.58. The lowest BCUT2D eigenvalue weighted by Gasteiger charge is -2.13. The molecule has 5 nitrogen and oxygen atoms in total. The summed E-state index contributed by atoms with van der Waals surface area (Å²) in [6.07, 6.45) is 1.64. The van der Waals surface area contributed by atoms with Gasteiger partial charge in [-0.05, 0) is 35.7 Å². The van der Waals surface area contributed by atoms with Crippen LogP contribution in [0.15, 0.2) is 69.0 Å². The number of benzene rings is 1. The molecule has 1 unspecified atom stereocenters. The van der Waals surface area contributed by atoms with Gasteiger partial charge in [0.25, 0.3) is 5.91 Å². The third-order valence-corrected chi connectivity index (χ3v) is 5.18. The molecule has 132 valence electrons. The van der Waals surface area contributed by atoms with Gasteiger partial charge in [0, 0.05) is 16.8 Å². The number of hydrogen-bond donors (Lipinski definition) is 1. The van der Waals surface area contributed by atoms with Crippen LogP contribution in [0.3, 0.4) is 0 Å². The number of nitrogens with one attached hydrogen (secondary N) is 1. The minimum Gasteiger partial charge on any atom is -0.493 e. The Morgan fingerprint density at radius 3 is 2.88 bits per heavy atom. The van der Waals surface area contributed by atoms with E-state index in [2.05, 4.69) is 5.32 Å². The predicted molar refractivity (Wildman–Crippen MR) is 100.0 cm³/mol. The molecule has 0 aliphatic rings. The van der Waals surface area contributed by atoms with Crippen molar-refractivity contribution in [1.29, 1.82) is 0 Å². The van der Waals surface area contributed by atoms with Crippen molar-refractivity contribution >= 4 is 28.2 Å². The largest absolute Gasteiger partial charge is 0.493 e. The lowest BCUT2D eigenvalue weighted by molar-refractivity contribution is 0.0926. The van der Waals surface area contributed by atoms with Crippen LogP contribution in [0.1, 0.15) is 27.1 Å². The molecule has 0 saturated carbocycles. The van der Waals surface area contributed by atoms with Crippen molar-refractivity contribution in [3.05, 3.63) is 76.6 Å². The van der Waals surface area contributed by atoms with Crippen molar-refractivity contribution in [3.63, 3.8) is 0 Å². The fourth-order valence-electron chi connectivity index (χ4n) is 2.91. The van der Waals surface area contributed by atoms with E-state index in [-0.39, 0.29) is 17.6 Å². The monoisotopic (exact) mass is 367 g/mol. The molecule has 4 aromatic rings. The third-order valence-electron chi connectivity index (χ3n) is 4.19. The minimum absolute atomic E-state index is 0.0344. The summed E-state index contributed by atoms with van der Waals surface area (Å²) in [6, 6.07) is 15.1. The van der Waals surface area contributed by atoms with Gasteiger partial charge >= 0.3 is 0 Å². The number of ether oxygens (including phenoxy) is 1. The molecule has 0 aliphatic heterocycles. The van der Waals surface area contributed by atoms with Crippen molar-refractivity contribution in [1.82, 2.24) is 5.32 Å². The SMILES string of the molecule is COc1cccc2cc(C(=O)NCC(c3ccco3)c3cccs3)oc12. The molecule has 1 amide bonds. The van der Waals surface area contributed by atoms with Gasteiger partial charge in [0.15, 0.2) is 17.1 Å². The van der Waals surface area contributed by atoms with E-state index in [0.29, 0.717) is 17.9 Å². The molecule has 0 bridgehead atoms. The smallest absolute Gasteiger partial charge is 0.287 e. The molecular formula is C20H17NO4S. The lowest BCUT2D eigenvalue weighted by atomic mass is 10.0.